The number of hydrogen-bond donors (Lipinski definition) is 2. The molecule has 0 aliphatic carbocycles. The molecule has 2 N–H and O–H groups in total. The third-order valence-corrected chi connectivity index (χ3v) is 7.02. The maximum atomic E-state index is 13.3. The minimum absolute atomic E-state index is 0.0462. The average Bonchev–Trinajstić information content (AvgIpc) is 2.95. The van der Waals surface area contributed by atoms with Crippen LogP contribution in [0, 0.1) is 11.8 Å². The lowest BCUT2D eigenvalue weighted by molar-refractivity contribution is -0.141. The van der Waals surface area contributed by atoms with Gasteiger partial charge in [-0.15, -0.1) is 5.10 Å². The highest BCUT2D eigenvalue weighted by Crippen LogP contribution is 2.27. The van der Waals surface area contributed by atoms with Crippen molar-refractivity contribution in [2.75, 3.05) is 11.9 Å². The van der Waals surface area contributed by atoms with E-state index in [1.165, 1.54) is 5.01 Å². The molecule has 0 saturated carbocycles. The van der Waals surface area contributed by atoms with Gasteiger partial charge in [0.05, 0.1) is 18.4 Å². The van der Waals surface area contributed by atoms with Crippen LogP contribution in [0.25, 0.3) is 0 Å². The Morgan fingerprint density at radius 3 is 2.23 bits per heavy atom. The molecule has 8 nitrogen and oxygen atoms in total. The molecular formula is C32H35N3O5. The number of carbonyl (C=O) groups is 3. The largest absolute Gasteiger partial charge is 0.481 e. The second kappa shape index (κ2) is 13.1. The summed E-state index contributed by atoms with van der Waals surface area (Å²) in [5, 5.41) is 18.1. The Labute approximate surface area is 234 Å². The Kier molecular flexibility index (Phi) is 9.32. The van der Waals surface area contributed by atoms with Gasteiger partial charge in [0.1, 0.15) is 0 Å². The van der Waals surface area contributed by atoms with Crippen LogP contribution in [0.5, 0.6) is 0 Å². The van der Waals surface area contributed by atoms with Crippen LogP contribution in [0.15, 0.2) is 84.0 Å². The zero-order valence-electron chi connectivity index (χ0n) is 23.0. The Bertz CT molecular complexity index is 1350. The Hall–Kier alpha value is -4.46. The summed E-state index contributed by atoms with van der Waals surface area (Å²) in [5.74, 6) is -1.48. The summed E-state index contributed by atoms with van der Waals surface area (Å²) >= 11 is 0. The number of benzene rings is 3. The monoisotopic (exact) mass is 541 g/mol. The molecular weight excluding hydrogens is 506 g/mol. The molecule has 1 aliphatic rings. The minimum Gasteiger partial charge on any atom is -0.481 e. The molecule has 3 aromatic rings. The number of nitrogens with one attached hydrogen (secondary N) is 1. The van der Waals surface area contributed by atoms with Crippen molar-refractivity contribution in [3.63, 3.8) is 0 Å². The molecule has 208 valence electrons. The van der Waals surface area contributed by atoms with Gasteiger partial charge >= 0.3 is 5.97 Å². The van der Waals surface area contributed by atoms with E-state index in [-0.39, 0.29) is 30.3 Å². The molecule has 2 atom stereocenters. The second-order valence-corrected chi connectivity index (χ2v) is 10.3. The van der Waals surface area contributed by atoms with Gasteiger partial charge in [-0.2, -0.15) is 0 Å². The first kappa shape index (κ1) is 28.5. The molecule has 0 spiro atoms. The average molecular weight is 542 g/mol. The van der Waals surface area contributed by atoms with Crippen molar-refractivity contribution in [2.24, 2.45) is 16.9 Å². The lowest BCUT2D eigenvalue weighted by Crippen LogP contribution is -2.36. The summed E-state index contributed by atoms with van der Waals surface area (Å²) in [5.41, 5.74) is 4.16. The first-order valence-electron chi connectivity index (χ1n) is 13.5. The van der Waals surface area contributed by atoms with Crippen LogP contribution >= 0.6 is 0 Å². The van der Waals surface area contributed by atoms with Crippen LogP contribution in [0.1, 0.15) is 55.4 Å². The topological polar surface area (TPSA) is 108 Å². The summed E-state index contributed by atoms with van der Waals surface area (Å²) in [6, 6.07) is 24.5. The summed E-state index contributed by atoms with van der Waals surface area (Å²) in [7, 11) is 0. The van der Waals surface area contributed by atoms with Crippen molar-refractivity contribution in [3.05, 3.63) is 101 Å². The minimum atomic E-state index is -0.799. The molecule has 40 heavy (non-hydrogen) atoms. The zero-order chi connectivity index (χ0) is 28.6. The molecule has 0 aromatic heterocycles. The van der Waals surface area contributed by atoms with Crippen LogP contribution in [0.4, 0.5) is 5.69 Å². The molecule has 2 unspecified atom stereocenters. The third kappa shape index (κ3) is 7.14. The number of carbonyl (C=O) groups excluding carboxylic acids is 2. The van der Waals surface area contributed by atoms with Gasteiger partial charge in [-0.25, -0.2) is 5.01 Å². The van der Waals surface area contributed by atoms with E-state index in [0.29, 0.717) is 31.0 Å². The van der Waals surface area contributed by atoms with Gasteiger partial charge in [0, 0.05) is 11.3 Å². The SMILES string of the molecule is CCC(Cc1ccc(NC(=O)C(c2ccc(CN3N=C(c4ccccc4)OCC3=O)cc2)C(C)C)cc1)C(=O)O. The third-order valence-electron chi connectivity index (χ3n) is 7.02. The Morgan fingerprint density at radius 2 is 1.62 bits per heavy atom. The van der Waals surface area contributed by atoms with Gasteiger partial charge in [-0.3, -0.25) is 14.4 Å². The maximum absolute atomic E-state index is 13.3. The van der Waals surface area contributed by atoms with Crippen molar-refractivity contribution in [2.45, 2.75) is 46.1 Å². The van der Waals surface area contributed by atoms with Crippen LogP contribution < -0.4 is 5.32 Å². The highest BCUT2D eigenvalue weighted by molar-refractivity contribution is 5.98. The van der Waals surface area contributed by atoms with Crippen molar-refractivity contribution < 1.29 is 24.2 Å². The van der Waals surface area contributed by atoms with Crippen molar-refractivity contribution in [1.82, 2.24) is 5.01 Å². The predicted octanol–water partition coefficient (Wildman–Crippen LogP) is 5.44. The molecule has 0 fully saturated rings. The van der Waals surface area contributed by atoms with Gasteiger partial charge < -0.3 is 15.2 Å². The van der Waals surface area contributed by atoms with Crippen LogP contribution in [-0.4, -0.2) is 40.4 Å². The number of amides is 2. The summed E-state index contributed by atoms with van der Waals surface area (Å²) in [6.07, 6.45) is 1.02. The lowest BCUT2D eigenvalue weighted by atomic mass is 9.87. The van der Waals surface area contributed by atoms with Crippen LogP contribution in [-0.2, 0) is 32.1 Å². The number of rotatable bonds is 11. The zero-order valence-corrected chi connectivity index (χ0v) is 23.0. The van der Waals surface area contributed by atoms with Gasteiger partial charge in [0.2, 0.25) is 11.8 Å². The number of carboxylic acids is 1. The fourth-order valence-electron chi connectivity index (χ4n) is 4.72. The van der Waals surface area contributed by atoms with Gasteiger partial charge in [-0.05, 0) is 59.7 Å². The molecule has 2 amide bonds. The number of aliphatic carboxylic acids is 1. The van der Waals surface area contributed by atoms with Gasteiger partial charge in [0.15, 0.2) is 6.61 Å². The fourth-order valence-corrected chi connectivity index (χ4v) is 4.72. The van der Waals surface area contributed by atoms with E-state index in [1.807, 2.05) is 99.6 Å². The Morgan fingerprint density at radius 1 is 0.975 bits per heavy atom. The first-order chi connectivity index (χ1) is 19.2. The molecule has 3 aromatic carbocycles. The predicted molar refractivity (Wildman–Crippen MR) is 154 cm³/mol. The van der Waals surface area contributed by atoms with Gasteiger partial charge in [-0.1, -0.05) is 75.4 Å². The number of carboxylic acid groups (broad SMARTS) is 1. The molecule has 0 saturated heterocycles. The molecule has 0 bridgehead atoms. The van der Waals surface area contributed by atoms with Crippen LogP contribution in [0.3, 0.4) is 0 Å². The normalized spacial score (nSPS) is 14.8. The molecule has 1 heterocycles. The molecule has 0 radical (unpaired) electrons. The summed E-state index contributed by atoms with van der Waals surface area (Å²) < 4.78 is 5.52. The highest BCUT2D eigenvalue weighted by Gasteiger charge is 2.26. The first-order valence-corrected chi connectivity index (χ1v) is 13.5. The van der Waals surface area contributed by atoms with E-state index < -0.39 is 11.9 Å². The number of nitrogens with zero attached hydrogens (tertiary/aromatic N) is 2. The van der Waals surface area contributed by atoms with E-state index in [1.54, 1.807) is 0 Å². The smallest absolute Gasteiger partial charge is 0.306 e. The van der Waals surface area contributed by atoms with Crippen molar-refractivity contribution >= 4 is 29.4 Å². The van der Waals surface area contributed by atoms with E-state index in [2.05, 4.69) is 10.4 Å². The van der Waals surface area contributed by atoms with Gasteiger partial charge in [0.25, 0.3) is 5.91 Å². The van der Waals surface area contributed by atoms with E-state index >= 15 is 0 Å². The second-order valence-electron chi connectivity index (χ2n) is 10.3. The van der Waals surface area contributed by atoms with Crippen LogP contribution in [0.2, 0.25) is 0 Å². The van der Waals surface area contributed by atoms with E-state index in [0.717, 1.165) is 22.3 Å². The van der Waals surface area contributed by atoms with E-state index in [4.69, 9.17) is 4.74 Å². The highest BCUT2D eigenvalue weighted by atomic mass is 16.5. The molecule has 1 aliphatic heterocycles. The summed E-state index contributed by atoms with van der Waals surface area (Å²) in [6.45, 7) is 6.10. The number of anilines is 1. The summed E-state index contributed by atoms with van der Waals surface area (Å²) in [4.78, 5) is 37.1. The maximum Gasteiger partial charge on any atom is 0.306 e. The number of ether oxygens (including phenoxy) is 1. The number of hydrazone groups is 1. The molecule has 4 rings (SSSR count). The lowest BCUT2D eigenvalue weighted by Gasteiger charge is -2.24. The standard InChI is InChI=1S/C32H35N3O5/c1-4-24(32(38)39)18-22-12-16-27(17-13-22)33-30(37)29(21(2)3)25-14-10-23(11-15-25)19-35-28(36)20-40-31(34-35)26-8-6-5-7-9-26/h5-17,21,24,29H,4,18-20H2,1-3H3,(H,33,37)(H,38,39). The quantitative estimate of drug-likeness (QED) is 0.336. The number of hydrogen-bond acceptors (Lipinski definition) is 5. The molecule has 8 heteroatoms. The van der Waals surface area contributed by atoms with E-state index in [9.17, 15) is 19.5 Å². The fraction of sp³-hybridized carbons (Fsp3) is 0.312. The Balaban J connectivity index is 1.42. The van der Waals surface area contributed by atoms with Crippen molar-refractivity contribution in [1.29, 1.82) is 0 Å². The van der Waals surface area contributed by atoms with Crippen molar-refractivity contribution in [3.8, 4) is 0 Å².